The SMILES string of the molecule is CCCCOCCCC.O=CO. The highest BCUT2D eigenvalue weighted by Gasteiger charge is 1.84. The van der Waals surface area contributed by atoms with Crippen LogP contribution in [0, 0.1) is 0 Å². The highest BCUT2D eigenvalue weighted by atomic mass is 16.5. The van der Waals surface area contributed by atoms with Gasteiger partial charge in [0.2, 0.25) is 0 Å². The first kappa shape index (κ1) is 14.0. The first-order chi connectivity index (χ1) is 5.83. The van der Waals surface area contributed by atoms with E-state index < -0.39 is 0 Å². The van der Waals surface area contributed by atoms with Gasteiger partial charge in [-0.2, -0.15) is 0 Å². The molecule has 0 amide bonds. The second kappa shape index (κ2) is 16.8. The van der Waals surface area contributed by atoms with Gasteiger partial charge in [-0.15, -0.1) is 0 Å². The molecule has 3 heteroatoms. The van der Waals surface area contributed by atoms with Gasteiger partial charge in [-0.1, -0.05) is 26.7 Å². The maximum atomic E-state index is 8.36. The Balaban J connectivity index is 0. The molecular weight excluding hydrogens is 156 g/mol. The second-order valence-electron chi connectivity index (χ2n) is 2.42. The molecule has 12 heavy (non-hydrogen) atoms. The van der Waals surface area contributed by atoms with Crippen molar-refractivity contribution in [2.75, 3.05) is 13.2 Å². The van der Waals surface area contributed by atoms with Crippen LogP contribution in [0.3, 0.4) is 0 Å². The minimum Gasteiger partial charge on any atom is -0.483 e. The molecule has 0 unspecified atom stereocenters. The lowest BCUT2D eigenvalue weighted by Gasteiger charge is -1.99. The molecule has 1 N–H and O–H groups in total. The van der Waals surface area contributed by atoms with Gasteiger partial charge in [0.25, 0.3) is 6.47 Å². The zero-order valence-electron chi connectivity index (χ0n) is 8.08. The molecule has 0 saturated heterocycles. The molecule has 0 heterocycles. The van der Waals surface area contributed by atoms with Crippen LogP contribution in [0.5, 0.6) is 0 Å². The van der Waals surface area contributed by atoms with Crippen molar-refractivity contribution < 1.29 is 14.6 Å². The maximum absolute atomic E-state index is 8.36. The number of hydrogen-bond donors (Lipinski definition) is 1. The van der Waals surface area contributed by atoms with Crippen LogP contribution in [-0.2, 0) is 9.53 Å². The maximum Gasteiger partial charge on any atom is 0.290 e. The zero-order valence-corrected chi connectivity index (χ0v) is 8.08. The fraction of sp³-hybridized carbons (Fsp3) is 0.889. The van der Waals surface area contributed by atoms with Crippen LogP contribution >= 0.6 is 0 Å². The van der Waals surface area contributed by atoms with Crippen molar-refractivity contribution in [1.82, 2.24) is 0 Å². The van der Waals surface area contributed by atoms with E-state index in [-0.39, 0.29) is 6.47 Å². The standard InChI is InChI=1S/C8H18O.CH2O2/c1-3-5-7-9-8-6-4-2;2-1-3/h3-8H2,1-2H3;1H,(H,2,3). The van der Waals surface area contributed by atoms with Gasteiger partial charge in [0.05, 0.1) is 0 Å². The van der Waals surface area contributed by atoms with Gasteiger partial charge in [-0.3, -0.25) is 4.79 Å². The van der Waals surface area contributed by atoms with E-state index >= 15 is 0 Å². The lowest BCUT2D eigenvalue weighted by molar-refractivity contribution is -0.122. The fourth-order valence-electron chi connectivity index (χ4n) is 0.595. The van der Waals surface area contributed by atoms with Gasteiger partial charge in [-0.25, -0.2) is 0 Å². The van der Waals surface area contributed by atoms with Crippen LogP contribution in [0.15, 0.2) is 0 Å². The normalized spacial score (nSPS) is 8.50. The van der Waals surface area contributed by atoms with E-state index in [4.69, 9.17) is 14.6 Å². The van der Waals surface area contributed by atoms with Crippen molar-refractivity contribution in [1.29, 1.82) is 0 Å². The van der Waals surface area contributed by atoms with E-state index in [1.165, 1.54) is 25.7 Å². The summed E-state index contributed by atoms with van der Waals surface area (Å²) in [5.41, 5.74) is 0. The molecular formula is C9H20O3. The van der Waals surface area contributed by atoms with Gasteiger partial charge in [0, 0.05) is 13.2 Å². The summed E-state index contributed by atoms with van der Waals surface area (Å²) in [6, 6.07) is 0. The molecule has 0 aliphatic heterocycles. The molecule has 0 rings (SSSR count). The summed E-state index contributed by atoms with van der Waals surface area (Å²) in [5.74, 6) is 0. The fourth-order valence-corrected chi connectivity index (χ4v) is 0.595. The first-order valence-electron chi connectivity index (χ1n) is 4.49. The van der Waals surface area contributed by atoms with Crippen LogP contribution in [0.2, 0.25) is 0 Å². The molecule has 0 aromatic carbocycles. The summed E-state index contributed by atoms with van der Waals surface area (Å²) in [5, 5.41) is 6.89. The highest BCUT2D eigenvalue weighted by molar-refractivity contribution is 5.32. The van der Waals surface area contributed by atoms with Gasteiger partial charge in [0.15, 0.2) is 0 Å². The second-order valence-corrected chi connectivity index (χ2v) is 2.42. The summed E-state index contributed by atoms with van der Waals surface area (Å²) in [6.45, 7) is 6.03. The highest BCUT2D eigenvalue weighted by Crippen LogP contribution is 1.91. The average molecular weight is 176 g/mol. The molecule has 0 bridgehead atoms. The number of hydrogen-bond acceptors (Lipinski definition) is 2. The van der Waals surface area contributed by atoms with E-state index in [2.05, 4.69) is 13.8 Å². The molecule has 0 aromatic heterocycles. The smallest absolute Gasteiger partial charge is 0.290 e. The van der Waals surface area contributed by atoms with Crippen molar-refractivity contribution in [2.24, 2.45) is 0 Å². The Labute approximate surface area is 74.7 Å². The van der Waals surface area contributed by atoms with Crippen LogP contribution in [0.25, 0.3) is 0 Å². The van der Waals surface area contributed by atoms with Crippen LogP contribution in [-0.4, -0.2) is 24.8 Å². The minimum absolute atomic E-state index is 0.250. The van der Waals surface area contributed by atoms with Crippen molar-refractivity contribution >= 4 is 6.47 Å². The van der Waals surface area contributed by atoms with Crippen molar-refractivity contribution in [2.45, 2.75) is 39.5 Å². The number of carboxylic acid groups (broad SMARTS) is 1. The Bertz CT molecular complexity index is 68.2. The average Bonchev–Trinajstić information content (AvgIpc) is 2.06. The predicted octanol–water partition coefficient (Wildman–Crippen LogP) is 2.30. The summed E-state index contributed by atoms with van der Waals surface area (Å²) in [6.07, 6.45) is 4.91. The van der Waals surface area contributed by atoms with Gasteiger partial charge < -0.3 is 9.84 Å². The minimum atomic E-state index is -0.250. The summed E-state index contributed by atoms with van der Waals surface area (Å²) in [4.78, 5) is 8.36. The first-order valence-corrected chi connectivity index (χ1v) is 4.49. The molecule has 0 saturated carbocycles. The zero-order chi connectivity index (χ0) is 9.66. The number of unbranched alkanes of at least 4 members (excludes halogenated alkanes) is 2. The Hall–Kier alpha value is -0.570. The Morgan fingerprint density at radius 1 is 1.17 bits per heavy atom. The van der Waals surface area contributed by atoms with Gasteiger partial charge in [-0.05, 0) is 12.8 Å². The largest absolute Gasteiger partial charge is 0.483 e. The van der Waals surface area contributed by atoms with Crippen LogP contribution in [0.4, 0.5) is 0 Å². The van der Waals surface area contributed by atoms with E-state index in [1.807, 2.05) is 0 Å². The monoisotopic (exact) mass is 176 g/mol. The Kier molecular flexibility index (Phi) is 19.6. The van der Waals surface area contributed by atoms with Gasteiger partial charge >= 0.3 is 0 Å². The van der Waals surface area contributed by atoms with E-state index in [0.29, 0.717) is 0 Å². The molecule has 0 fully saturated rings. The third-order valence-corrected chi connectivity index (χ3v) is 1.28. The predicted molar refractivity (Wildman–Crippen MR) is 49.3 cm³/mol. The molecule has 0 aromatic rings. The van der Waals surface area contributed by atoms with E-state index in [9.17, 15) is 0 Å². The quantitative estimate of drug-likeness (QED) is 0.499. The molecule has 74 valence electrons. The summed E-state index contributed by atoms with van der Waals surface area (Å²) in [7, 11) is 0. The van der Waals surface area contributed by atoms with Crippen LogP contribution < -0.4 is 0 Å². The summed E-state index contributed by atoms with van der Waals surface area (Å²) < 4.78 is 5.31. The Morgan fingerprint density at radius 2 is 1.50 bits per heavy atom. The summed E-state index contributed by atoms with van der Waals surface area (Å²) >= 11 is 0. The van der Waals surface area contributed by atoms with E-state index in [0.717, 1.165) is 13.2 Å². The molecule has 3 nitrogen and oxygen atoms in total. The number of carbonyl (C=O) groups is 1. The molecule has 0 spiro atoms. The molecule has 0 aliphatic rings. The van der Waals surface area contributed by atoms with E-state index in [1.54, 1.807) is 0 Å². The van der Waals surface area contributed by atoms with Crippen molar-refractivity contribution in [3.8, 4) is 0 Å². The third-order valence-electron chi connectivity index (χ3n) is 1.28. The third kappa shape index (κ3) is 22.7. The topological polar surface area (TPSA) is 46.5 Å². The molecule has 0 atom stereocenters. The van der Waals surface area contributed by atoms with Crippen molar-refractivity contribution in [3.63, 3.8) is 0 Å². The molecule has 0 aliphatic carbocycles. The number of rotatable bonds is 6. The lowest BCUT2D eigenvalue weighted by atomic mass is 10.3. The lowest BCUT2D eigenvalue weighted by Crippen LogP contribution is -1.95. The molecule has 0 radical (unpaired) electrons. The number of ether oxygens (including phenoxy) is 1. The van der Waals surface area contributed by atoms with Crippen molar-refractivity contribution in [3.05, 3.63) is 0 Å². The Morgan fingerprint density at radius 3 is 1.75 bits per heavy atom. The van der Waals surface area contributed by atoms with Gasteiger partial charge in [0.1, 0.15) is 0 Å². The van der Waals surface area contributed by atoms with Crippen LogP contribution in [0.1, 0.15) is 39.5 Å².